The van der Waals surface area contributed by atoms with Gasteiger partial charge in [0.2, 0.25) is 0 Å². The molecule has 0 saturated carbocycles. The van der Waals surface area contributed by atoms with Crippen LogP contribution in [0.1, 0.15) is 11.3 Å². The molecule has 0 amide bonds. The minimum atomic E-state index is -0.538. The smallest absolute Gasteiger partial charge is 0.141 e. The molecule has 0 spiro atoms. The van der Waals surface area contributed by atoms with E-state index in [0.29, 0.717) is 50.2 Å². The molecule has 11 heteroatoms. The predicted molar refractivity (Wildman–Crippen MR) is 138 cm³/mol. The number of aromatic nitrogens is 4. The number of nitrogens with one attached hydrogen (secondary N) is 3. The summed E-state index contributed by atoms with van der Waals surface area (Å²) in [6, 6.07) is 16.1. The van der Waals surface area contributed by atoms with Crippen LogP contribution in [0.3, 0.4) is 0 Å². The van der Waals surface area contributed by atoms with Gasteiger partial charge in [-0.05, 0) is 70.5 Å². The number of pyridine rings is 1. The number of rotatable bonds is 6. The number of anilines is 3. The minimum Gasteiger partial charge on any atom is -0.379 e. The van der Waals surface area contributed by atoms with Gasteiger partial charge in [0.05, 0.1) is 28.3 Å². The zero-order valence-corrected chi connectivity index (χ0v) is 20.6. The molecule has 5 aromatic rings. The summed E-state index contributed by atoms with van der Waals surface area (Å²) in [4.78, 5) is 4.42. The van der Waals surface area contributed by atoms with Crippen molar-refractivity contribution in [1.29, 1.82) is 5.26 Å². The van der Waals surface area contributed by atoms with Gasteiger partial charge in [0.25, 0.3) is 0 Å². The number of benzene rings is 3. The Bertz CT molecular complexity index is 1630. The lowest BCUT2D eigenvalue weighted by Gasteiger charge is -2.15. The highest BCUT2D eigenvalue weighted by Crippen LogP contribution is 2.36. The second-order valence-electron chi connectivity index (χ2n) is 7.75. The Morgan fingerprint density at radius 1 is 1.03 bits per heavy atom. The summed E-state index contributed by atoms with van der Waals surface area (Å²) in [5.41, 5.74) is 4.65. The van der Waals surface area contributed by atoms with Crippen molar-refractivity contribution in [3.63, 3.8) is 0 Å². The maximum absolute atomic E-state index is 13.6. The summed E-state index contributed by atoms with van der Waals surface area (Å²) in [6.07, 6.45) is 1.47. The van der Waals surface area contributed by atoms with E-state index in [1.54, 1.807) is 12.1 Å². The van der Waals surface area contributed by atoms with Crippen LogP contribution in [0.2, 0.25) is 5.02 Å². The highest BCUT2D eigenvalue weighted by Gasteiger charge is 2.15. The molecule has 3 aromatic carbocycles. The second-order valence-corrected chi connectivity index (χ2v) is 9.01. The van der Waals surface area contributed by atoms with Gasteiger partial charge in [-0.2, -0.15) is 20.7 Å². The summed E-state index contributed by atoms with van der Waals surface area (Å²) in [6.45, 7) is 0.322. The van der Waals surface area contributed by atoms with Crippen LogP contribution >= 0.6 is 27.5 Å². The van der Waals surface area contributed by atoms with E-state index in [1.165, 1.54) is 36.5 Å². The highest BCUT2D eigenvalue weighted by atomic mass is 79.9. The van der Waals surface area contributed by atoms with Gasteiger partial charge < -0.3 is 10.6 Å². The number of H-pyrrole nitrogens is 1. The Morgan fingerprint density at radius 2 is 1.83 bits per heavy atom. The van der Waals surface area contributed by atoms with Crippen molar-refractivity contribution >= 4 is 55.5 Å². The van der Waals surface area contributed by atoms with Crippen molar-refractivity contribution in [3.8, 4) is 17.3 Å². The third kappa shape index (κ3) is 4.71. The fourth-order valence-electron chi connectivity index (χ4n) is 3.70. The first-order valence-corrected chi connectivity index (χ1v) is 11.7. The molecule has 0 unspecified atom stereocenters. The van der Waals surface area contributed by atoms with Gasteiger partial charge in [0, 0.05) is 33.0 Å². The van der Waals surface area contributed by atoms with Crippen LogP contribution in [0.25, 0.3) is 22.2 Å². The first kappa shape index (κ1) is 23.7. The number of nitrogens with zero attached hydrogens (tertiary/aromatic N) is 4. The van der Waals surface area contributed by atoms with E-state index in [0.717, 1.165) is 11.3 Å². The van der Waals surface area contributed by atoms with Crippen LogP contribution < -0.4 is 10.6 Å². The maximum Gasteiger partial charge on any atom is 0.141 e. The molecule has 0 aliphatic heterocycles. The van der Waals surface area contributed by atoms with Crippen LogP contribution in [0.15, 0.2) is 65.3 Å². The molecule has 0 atom stereocenters. The standard InChI is InChI=1S/C25H15BrClF2N7/c26-19-8-17(31-12-22-24(35-36-34-22)13-1-3-15(28)4-2-13)7-18-23(14(10-30)11-32-25(18)19)33-16-5-6-21(29)20(27)9-16/h1-9,11,31H,12H2,(H,32,33)(H,34,35,36). The molecule has 178 valence electrons. The van der Waals surface area contributed by atoms with Crippen molar-refractivity contribution in [1.82, 2.24) is 20.4 Å². The van der Waals surface area contributed by atoms with Crippen LogP contribution in [-0.4, -0.2) is 20.4 Å². The molecule has 2 aromatic heterocycles. The Hall–Kier alpha value is -4.07. The van der Waals surface area contributed by atoms with Crippen LogP contribution in [0, 0.1) is 23.0 Å². The lowest BCUT2D eigenvalue weighted by atomic mass is 10.1. The van der Waals surface area contributed by atoms with Gasteiger partial charge in [-0.3, -0.25) is 4.98 Å². The van der Waals surface area contributed by atoms with E-state index in [9.17, 15) is 14.0 Å². The van der Waals surface area contributed by atoms with Crippen molar-refractivity contribution < 1.29 is 8.78 Å². The zero-order valence-electron chi connectivity index (χ0n) is 18.3. The van der Waals surface area contributed by atoms with Crippen LogP contribution in [-0.2, 0) is 6.54 Å². The van der Waals surface area contributed by atoms with Gasteiger partial charge in [0.1, 0.15) is 29.1 Å². The molecule has 0 aliphatic carbocycles. The molecule has 0 bridgehead atoms. The van der Waals surface area contributed by atoms with E-state index in [-0.39, 0.29) is 10.8 Å². The van der Waals surface area contributed by atoms with E-state index in [1.807, 2.05) is 12.1 Å². The fourth-order valence-corrected chi connectivity index (χ4v) is 4.44. The van der Waals surface area contributed by atoms with Crippen LogP contribution in [0.5, 0.6) is 0 Å². The van der Waals surface area contributed by atoms with E-state index < -0.39 is 5.82 Å². The first-order chi connectivity index (χ1) is 17.4. The molecule has 36 heavy (non-hydrogen) atoms. The van der Waals surface area contributed by atoms with E-state index >= 15 is 0 Å². The van der Waals surface area contributed by atoms with Gasteiger partial charge in [0.15, 0.2) is 0 Å². The van der Waals surface area contributed by atoms with Crippen molar-refractivity contribution in [2.45, 2.75) is 6.54 Å². The number of fused-ring (bicyclic) bond motifs is 1. The Kier molecular flexibility index (Phi) is 6.50. The summed E-state index contributed by atoms with van der Waals surface area (Å²) in [5, 5.41) is 27.8. The van der Waals surface area contributed by atoms with Gasteiger partial charge in [-0.25, -0.2) is 8.78 Å². The Labute approximate surface area is 217 Å². The molecular formula is C25H15BrClF2N7. The number of hydrogen-bond donors (Lipinski definition) is 3. The van der Waals surface area contributed by atoms with Gasteiger partial charge >= 0.3 is 0 Å². The van der Waals surface area contributed by atoms with Crippen molar-refractivity contribution in [2.75, 3.05) is 10.6 Å². The largest absolute Gasteiger partial charge is 0.379 e. The average Bonchev–Trinajstić information content (AvgIpc) is 3.34. The molecule has 0 saturated heterocycles. The third-order valence-electron chi connectivity index (χ3n) is 5.43. The van der Waals surface area contributed by atoms with Crippen LogP contribution in [0.4, 0.5) is 25.8 Å². The van der Waals surface area contributed by atoms with Crippen molar-refractivity contribution in [3.05, 3.63) is 93.2 Å². The molecule has 0 aliphatic rings. The zero-order chi connectivity index (χ0) is 25.2. The molecule has 5 rings (SSSR count). The minimum absolute atomic E-state index is 0.0371. The summed E-state index contributed by atoms with van der Waals surface area (Å²) < 4.78 is 27.6. The first-order valence-electron chi connectivity index (χ1n) is 10.6. The third-order valence-corrected chi connectivity index (χ3v) is 6.33. The molecule has 3 N–H and O–H groups in total. The summed E-state index contributed by atoms with van der Waals surface area (Å²) in [5.74, 6) is -0.870. The fraction of sp³-hybridized carbons (Fsp3) is 0.0400. The van der Waals surface area contributed by atoms with Gasteiger partial charge in [-0.1, -0.05) is 11.6 Å². The molecule has 2 heterocycles. The predicted octanol–water partition coefficient (Wildman–Crippen LogP) is 6.94. The quantitative estimate of drug-likeness (QED) is 0.206. The Morgan fingerprint density at radius 3 is 2.58 bits per heavy atom. The van der Waals surface area contributed by atoms with E-state index in [4.69, 9.17) is 11.6 Å². The average molecular weight is 567 g/mol. The Balaban J connectivity index is 1.49. The number of hydrogen-bond acceptors (Lipinski definition) is 6. The second kappa shape index (κ2) is 9.89. The number of nitriles is 1. The molecule has 7 nitrogen and oxygen atoms in total. The molecular weight excluding hydrogens is 552 g/mol. The molecule has 0 fully saturated rings. The lowest BCUT2D eigenvalue weighted by molar-refractivity contribution is 0.628. The summed E-state index contributed by atoms with van der Waals surface area (Å²) in [7, 11) is 0. The van der Waals surface area contributed by atoms with E-state index in [2.05, 4.69) is 53.0 Å². The highest BCUT2D eigenvalue weighted by molar-refractivity contribution is 9.10. The normalized spacial score (nSPS) is 10.9. The SMILES string of the molecule is N#Cc1cnc2c(Br)cc(NCc3n[nH]nc3-c3ccc(F)cc3)cc2c1Nc1ccc(F)c(Cl)c1. The van der Waals surface area contributed by atoms with Crippen molar-refractivity contribution in [2.24, 2.45) is 0 Å². The van der Waals surface area contributed by atoms with Gasteiger partial charge in [-0.15, -0.1) is 0 Å². The number of halogens is 4. The number of aromatic amines is 1. The summed E-state index contributed by atoms with van der Waals surface area (Å²) >= 11 is 9.49. The monoisotopic (exact) mass is 565 g/mol. The molecule has 0 radical (unpaired) electrons. The lowest BCUT2D eigenvalue weighted by Crippen LogP contribution is -2.03. The topological polar surface area (TPSA) is 102 Å². The maximum atomic E-state index is 13.6.